The van der Waals surface area contributed by atoms with Crippen molar-refractivity contribution in [2.75, 3.05) is 16.7 Å². The molecule has 230 valence electrons. The zero-order valence-electron chi connectivity index (χ0n) is 29.6. The van der Waals surface area contributed by atoms with E-state index in [9.17, 15) is 0 Å². The molecular formula is C40H31BN6O. The van der Waals surface area contributed by atoms with E-state index in [4.69, 9.17) is 13.8 Å². The van der Waals surface area contributed by atoms with Crippen LogP contribution in [0.1, 0.15) is 15.2 Å². The van der Waals surface area contributed by atoms with E-state index in [0.717, 1.165) is 44.5 Å². The highest BCUT2D eigenvalue weighted by molar-refractivity contribution is 6.84. The van der Waals surface area contributed by atoms with Gasteiger partial charge in [0, 0.05) is 23.0 Å². The van der Waals surface area contributed by atoms with Crippen molar-refractivity contribution >= 4 is 62.3 Å². The first-order valence-electron chi connectivity index (χ1n) is 17.6. The second-order valence-electron chi connectivity index (χ2n) is 12.7. The summed E-state index contributed by atoms with van der Waals surface area (Å²) in [5.74, 6) is 2.18. The quantitative estimate of drug-likeness (QED) is 0.116. The molecule has 0 N–H and O–H groups in total. The van der Waals surface area contributed by atoms with Crippen molar-refractivity contribution in [1.82, 2.24) is 14.1 Å². The van der Waals surface area contributed by atoms with E-state index < -0.39 is 6.98 Å². The summed E-state index contributed by atoms with van der Waals surface area (Å²) >= 11 is 0. The fourth-order valence-electron chi connectivity index (χ4n) is 7.92. The van der Waals surface area contributed by atoms with Crippen LogP contribution in [0.15, 0.2) is 115 Å². The molecule has 0 radical (unpaired) electrons. The average Bonchev–Trinajstić information content (AvgIpc) is 3.77. The number of benzene rings is 5. The number of ether oxygens (including phenoxy) is 1. The Balaban J connectivity index is 1.11. The SMILES string of the molecule is [2H]C([2H])([2H])[n+]1[c-]n(-c2cccc(Oc3ccc4c5ccc6c7c5n(c4c3)-c3ncccc3N7B(c3c(C)cccc3C)N6C)c2)c2ccccc21. The van der Waals surface area contributed by atoms with Crippen molar-refractivity contribution in [3.8, 4) is 23.0 Å². The molecule has 2 aliphatic rings. The van der Waals surface area contributed by atoms with Gasteiger partial charge in [0.15, 0.2) is 5.82 Å². The molecule has 0 fully saturated rings. The first-order valence-corrected chi connectivity index (χ1v) is 16.1. The lowest BCUT2D eigenvalue weighted by Gasteiger charge is -2.33. The third-order valence-electron chi connectivity index (χ3n) is 10.00. The number of hydrogen-bond donors (Lipinski definition) is 0. The topological polar surface area (TPSA) is 42.3 Å². The molecule has 0 spiro atoms. The van der Waals surface area contributed by atoms with Crippen LogP contribution in [0.25, 0.3) is 44.3 Å². The maximum atomic E-state index is 8.04. The second kappa shape index (κ2) is 9.75. The molecule has 5 heterocycles. The number of para-hydroxylation sites is 2. The van der Waals surface area contributed by atoms with Crippen LogP contribution in [-0.4, -0.2) is 28.1 Å². The van der Waals surface area contributed by atoms with Gasteiger partial charge in [0.25, 0.3) is 0 Å². The number of imidazole rings is 1. The lowest BCUT2D eigenvalue weighted by Crippen LogP contribution is -2.55. The maximum Gasteiger partial charge on any atom is 0.416 e. The molecule has 3 aromatic heterocycles. The Kier molecular flexibility index (Phi) is 4.91. The summed E-state index contributed by atoms with van der Waals surface area (Å²) in [4.78, 5) is 9.86. The summed E-state index contributed by atoms with van der Waals surface area (Å²) in [5, 5.41) is 2.28. The Labute approximate surface area is 282 Å². The van der Waals surface area contributed by atoms with Gasteiger partial charge in [-0.05, 0) is 68.8 Å². The number of anilines is 3. The van der Waals surface area contributed by atoms with Crippen molar-refractivity contribution in [3.05, 3.63) is 133 Å². The number of fused-ring (bicyclic) bond motifs is 7. The molecule has 10 rings (SSSR count). The van der Waals surface area contributed by atoms with Gasteiger partial charge in [0.2, 0.25) is 6.33 Å². The van der Waals surface area contributed by atoms with Crippen LogP contribution in [0.4, 0.5) is 17.1 Å². The summed E-state index contributed by atoms with van der Waals surface area (Å²) in [6, 6.07) is 36.5. The Bertz CT molecular complexity index is 2730. The van der Waals surface area contributed by atoms with Crippen LogP contribution in [0.2, 0.25) is 0 Å². The van der Waals surface area contributed by atoms with Crippen LogP contribution >= 0.6 is 0 Å². The molecule has 0 saturated heterocycles. The van der Waals surface area contributed by atoms with Gasteiger partial charge in [0.05, 0.1) is 55.9 Å². The highest BCUT2D eigenvalue weighted by atomic mass is 16.5. The van der Waals surface area contributed by atoms with Gasteiger partial charge in [-0.15, -0.1) is 0 Å². The van der Waals surface area contributed by atoms with Crippen molar-refractivity contribution in [3.63, 3.8) is 0 Å². The van der Waals surface area contributed by atoms with Crippen molar-refractivity contribution in [1.29, 1.82) is 0 Å². The summed E-state index contributed by atoms with van der Waals surface area (Å²) in [6.45, 7) is 2.01. The van der Waals surface area contributed by atoms with Crippen molar-refractivity contribution in [2.45, 2.75) is 13.8 Å². The summed E-state index contributed by atoms with van der Waals surface area (Å²) < 4.78 is 35.9. The minimum absolute atomic E-state index is 0.0170. The minimum Gasteiger partial charge on any atom is -0.458 e. The maximum absolute atomic E-state index is 8.04. The monoisotopic (exact) mass is 625 g/mol. The number of hydrogen-bond acceptors (Lipinski definition) is 4. The number of pyridine rings is 1. The lowest BCUT2D eigenvalue weighted by molar-refractivity contribution is -0.649. The van der Waals surface area contributed by atoms with Gasteiger partial charge in [-0.25, -0.2) is 4.98 Å². The Hall–Kier alpha value is -6.02. The van der Waals surface area contributed by atoms with Gasteiger partial charge in [0.1, 0.15) is 11.5 Å². The van der Waals surface area contributed by atoms with E-state index in [2.05, 4.69) is 89.9 Å². The van der Waals surface area contributed by atoms with Crippen molar-refractivity contribution < 1.29 is 13.4 Å². The van der Waals surface area contributed by atoms with Gasteiger partial charge < -0.3 is 23.5 Å². The predicted molar refractivity (Wildman–Crippen MR) is 194 cm³/mol. The van der Waals surface area contributed by atoms with Gasteiger partial charge in [-0.2, -0.15) is 0 Å². The zero-order chi connectivity index (χ0) is 34.8. The highest BCUT2D eigenvalue weighted by Crippen LogP contribution is 2.54. The molecule has 0 unspecified atom stereocenters. The van der Waals surface area contributed by atoms with Crippen molar-refractivity contribution in [2.24, 2.45) is 6.98 Å². The molecule has 0 amide bonds. The van der Waals surface area contributed by atoms with E-state index in [1.54, 1.807) is 10.6 Å². The summed E-state index contributed by atoms with van der Waals surface area (Å²) in [5.41, 5.74) is 11.4. The van der Waals surface area contributed by atoms with E-state index in [0.29, 0.717) is 17.0 Å². The number of rotatable bonds is 4. The zero-order valence-corrected chi connectivity index (χ0v) is 26.6. The van der Waals surface area contributed by atoms with E-state index in [1.165, 1.54) is 32.5 Å². The number of aromatic nitrogens is 4. The summed E-state index contributed by atoms with van der Waals surface area (Å²) in [6.07, 6.45) is 4.91. The van der Waals surface area contributed by atoms with E-state index in [1.807, 2.05) is 60.8 Å². The minimum atomic E-state index is -2.37. The molecule has 0 atom stereocenters. The van der Waals surface area contributed by atoms with E-state index in [-0.39, 0.29) is 6.98 Å². The second-order valence-corrected chi connectivity index (χ2v) is 12.7. The Morgan fingerprint density at radius 1 is 0.792 bits per heavy atom. The molecule has 0 saturated carbocycles. The number of aryl methyl sites for hydroxylation is 3. The van der Waals surface area contributed by atoms with Crippen LogP contribution in [-0.2, 0) is 6.98 Å². The average molecular weight is 626 g/mol. The first-order chi connectivity index (χ1) is 24.7. The Morgan fingerprint density at radius 3 is 2.48 bits per heavy atom. The molecular weight excluding hydrogens is 591 g/mol. The molecule has 7 nitrogen and oxygen atoms in total. The smallest absolute Gasteiger partial charge is 0.416 e. The third kappa shape index (κ3) is 3.60. The van der Waals surface area contributed by atoms with Crippen LogP contribution in [0, 0.1) is 20.2 Å². The normalized spacial score (nSPS) is 14.5. The number of nitrogens with zero attached hydrogens (tertiary/aromatic N) is 6. The fraction of sp³-hybridized carbons (Fsp3) is 0.100. The van der Waals surface area contributed by atoms with E-state index >= 15 is 0 Å². The molecule has 2 aliphatic heterocycles. The molecule has 8 aromatic rings. The molecule has 0 bridgehead atoms. The first kappa shape index (κ1) is 24.2. The standard InChI is InChI=1S/C40H31BN6O/c1-25-10-7-11-26(2)37(25)41-44(4)34-20-19-31-30-18-17-29(23-36(30)46-38(31)39(34)47(41)35-16-9-21-42-40(35)46)48-28-13-8-12-27(22-28)45-24-43(3)32-14-5-6-15-33(32)45/h5-23H,1-4H3/i3D3. The molecule has 5 aromatic carbocycles. The summed E-state index contributed by atoms with van der Waals surface area (Å²) in [7, 11) is 2.19. The van der Waals surface area contributed by atoms with Gasteiger partial charge in [-0.1, -0.05) is 71.8 Å². The Morgan fingerprint density at radius 2 is 1.60 bits per heavy atom. The van der Waals surface area contributed by atoms with Crippen LogP contribution in [0.3, 0.4) is 0 Å². The molecule has 0 aliphatic carbocycles. The predicted octanol–water partition coefficient (Wildman–Crippen LogP) is 7.45. The molecule has 48 heavy (non-hydrogen) atoms. The van der Waals surface area contributed by atoms with Gasteiger partial charge in [-0.3, -0.25) is 4.57 Å². The fourth-order valence-corrected chi connectivity index (χ4v) is 7.92. The lowest BCUT2D eigenvalue weighted by atomic mass is 9.61. The molecule has 8 heteroatoms. The van der Waals surface area contributed by atoms with Crippen LogP contribution < -0.4 is 24.4 Å². The largest absolute Gasteiger partial charge is 0.458 e. The van der Waals surface area contributed by atoms with Crippen LogP contribution in [0.5, 0.6) is 11.5 Å². The third-order valence-corrected chi connectivity index (χ3v) is 10.00. The highest BCUT2D eigenvalue weighted by Gasteiger charge is 2.47. The van der Waals surface area contributed by atoms with Gasteiger partial charge >= 0.3 is 6.98 Å².